The van der Waals surface area contributed by atoms with Gasteiger partial charge in [-0.3, -0.25) is 14.5 Å². The molecule has 0 saturated carbocycles. The van der Waals surface area contributed by atoms with E-state index in [0.717, 1.165) is 0 Å². The van der Waals surface area contributed by atoms with Crippen molar-refractivity contribution in [3.63, 3.8) is 0 Å². The van der Waals surface area contributed by atoms with E-state index in [9.17, 15) is 9.59 Å². The number of ether oxygens (including phenoxy) is 2. The molecule has 0 aliphatic rings. The molecule has 1 unspecified atom stereocenters. The molecule has 1 atom stereocenters. The first-order valence-corrected chi connectivity index (χ1v) is 4.46. The van der Waals surface area contributed by atoms with Crippen molar-refractivity contribution in [3.8, 4) is 0 Å². The summed E-state index contributed by atoms with van der Waals surface area (Å²) in [7, 11) is 2.98. The molecule has 0 aromatic heterocycles. The number of hydrogen-bond acceptors (Lipinski definition) is 5. The van der Waals surface area contributed by atoms with Crippen molar-refractivity contribution in [1.29, 1.82) is 0 Å². The fourth-order valence-corrected chi connectivity index (χ4v) is 0.848. The molecule has 0 spiro atoms. The second-order valence-electron chi connectivity index (χ2n) is 2.92. The van der Waals surface area contributed by atoms with Gasteiger partial charge in [0, 0.05) is 0 Å². The van der Waals surface area contributed by atoms with E-state index < -0.39 is 6.04 Å². The van der Waals surface area contributed by atoms with Gasteiger partial charge < -0.3 is 9.47 Å². The highest BCUT2D eigenvalue weighted by Crippen LogP contribution is 1.98. The molecule has 0 fully saturated rings. The third kappa shape index (κ3) is 4.23. The summed E-state index contributed by atoms with van der Waals surface area (Å²) >= 11 is 0. The third-order valence-corrected chi connectivity index (χ3v) is 1.90. The van der Waals surface area contributed by atoms with E-state index in [1.807, 2.05) is 0 Å². The van der Waals surface area contributed by atoms with Crippen LogP contribution in [0.25, 0.3) is 0 Å². The molecule has 14 heavy (non-hydrogen) atoms. The Labute approximate surface area is 84.0 Å². The topological polar surface area (TPSA) is 55.8 Å². The van der Waals surface area contributed by atoms with E-state index in [0.29, 0.717) is 6.61 Å². The van der Waals surface area contributed by atoms with E-state index in [1.165, 1.54) is 7.11 Å². The van der Waals surface area contributed by atoms with Crippen LogP contribution in [0, 0.1) is 0 Å². The lowest BCUT2D eigenvalue weighted by atomic mass is 10.3. The van der Waals surface area contributed by atoms with Crippen LogP contribution < -0.4 is 0 Å². The maximum atomic E-state index is 11.2. The second-order valence-corrected chi connectivity index (χ2v) is 2.92. The minimum atomic E-state index is -0.436. The van der Waals surface area contributed by atoms with Crippen molar-refractivity contribution in [1.82, 2.24) is 4.90 Å². The number of likely N-dealkylation sites (N-methyl/N-ethyl adjacent to an activating group) is 1. The Morgan fingerprint density at radius 1 is 1.43 bits per heavy atom. The molecule has 0 N–H and O–H groups in total. The highest BCUT2D eigenvalue weighted by atomic mass is 16.5. The van der Waals surface area contributed by atoms with Crippen LogP contribution in [0.4, 0.5) is 0 Å². The largest absolute Gasteiger partial charge is 0.468 e. The lowest BCUT2D eigenvalue weighted by Gasteiger charge is -2.21. The fourth-order valence-electron chi connectivity index (χ4n) is 0.848. The lowest BCUT2D eigenvalue weighted by Crippen LogP contribution is -2.40. The summed E-state index contributed by atoms with van der Waals surface area (Å²) in [6.07, 6.45) is 0. The van der Waals surface area contributed by atoms with Crippen LogP contribution in [0.1, 0.15) is 13.8 Å². The average molecular weight is 203 g/mol. The summed E-state index contributed by atoms with van der Waals surface area (Å²) in [5.74, 6) is -0.706. The van der Waals surface area contributed by atoms with Gasteiger partial charge in [-0.15, -0.1) is 0 Å². The summed E-state index contributed by atoms with van der Waals surface area (Å²) < 4.78 is 9.29. The van der Waals surface area contributed by atoms with Crippen LogP contribution in [0.15, 0.2) is 0 Å². The Bertz CT molecular complexity index is 205. The molecular formula is C9H17NO4. The quantitative estimate of drug-likeness (QED) is 0.591. The SMILES string of the molecule is CCOC(=O)C(C)N(C)CC(=O)OC. The van der Waals surface area contributed by atoms with Gasteiger partial charge in [0.1, 0.15) is 6.04 Å². The molecule has 82 valence electrons. The van der Waals surface area contributed by atoms with Crippen molar-refractivity contribution in [3.05, 3.63) is 0 Å². The third-order valence-electron chi connectivity index (χ3n) is 1.90. The van der Waals surface area contributed by atoms with Crippen LogP contribution in [-0.2, 0) is 19.1 Å². The average Bonchev–Trinajstić information content (AvgIpc) is 2.16. The zero-order valence-corrected chi connectivity index (χ0v) is 9.07. The van der Waals surface area contributed by atoms with Gasteiger partial charge in [0.05, 0.1) is 20.3 Å². The predicted octanol–water partition coefficient (Wildman–Crippen LogP) is 0.0428. The Kier molecular flexibility index (Phi) is 5.87. The van der Waals surface area contributed by atoms with Crippen molar-refractivity contribution >= 4 is 11.9 Å². The van der Waals surface area contributed by atoms with Gasteiger partial charge in [0.2, 0.25) is 0 Å². The number of esters is 2. The normalized spacial score (nSPS) is 12.4. The van der Waals surface area contributed by atoms with Gasteiger partial charge in [-0.25, -0.2) is 0 Å². The van der Waals surface area contributed by atoms with Crippen LogP contribution >= 0.6 is 0 Å². The van der Waals surface area contributed by atoms with E-state index in [1.54, 1.807) is 25.8 Å². The molecule has 0 saturated heterocycles. The Morgan fingerprint density at radius 3 is 2.43 bits per heavy atom. The molecule has 0 bridgehead atoms. The second kappa shape index (κ2) is 6.37. The summed E-state index contributed by atoms with van der Waals surface area (Å²) in [6, 6.07) is -0.436. The van der Waals surface area contributed by atoms with Gasteiger partial charge in [0.25, 0.3) is 0 Å². The van der Waals surface area contributed by atoms with Crippen LogP contribution in [-0.4, -0.2) is 50.2 Å². The van der Waals surface area contributed by atoms with Gasteiger partial charge in [0.15, 0.2) is 0 Å². The Hall–Kier alpha value is -1.10. The molecule has 0 aromatic rings. The molecule has 0 heterocycles. The van der Waals surface area contributed by atoms with Crippen LogP contribution in [0.3, 0.4) is 0 Å². The first-order valence-electron chi connectivity index (χ1n) is 4.46. The Morgan fingerprint density at radius 2 is 2.00 bits per heavy atom. The number of hydrogen-bond donors (Lipinski definition) is 0. The van der Waals surface area contributed by atoms with E-state index in [2.05, 4.69) is 4.74 Å². The summed E-state index contributed by atoms with van der Waals surface area (Å²) in [5, 5.41) is 0. The highest BCUT2D eigenvalue weighted by molar-refractivity contribution is 5.77. The van der Waals surface area contributed by atoms with Crippen LogP contribution in [0.5, 0.6) is 0 Å². The smallest absolute Gasteiger partial charge is 0.323 e. The fraction of sp³-hybridized carbons (Fsp3) is 0.778. The van der Waals surface area contributed by atoms with Gasteiger partial charge >= 0.3 is 11.9 Å². The first kappa shape index (κ1) is 12.9. The van der Waals surface area contributed by atoms with Crippen molar-refractivity contribution in [2.75, 3.05) is 27.3 Å². The minimum absolute atomic E-state index is 0.0798. The van der Waals surface area contributed by atoms with Crippen molar-refractivity contribution < 1.29 is 19.1 Å². The molecule has 0 radical (unpaired) electrons. The number of carbonyl (C=O) groups is 2. The number of methoxy groups -OCH3 is 1. The molecule has 0 aliphatic carbocycles. The number of carbonyl (C=O) groups excluding carboxylic acids is 2. The lowest BCUT2D eigenvalue weighted by molar-refractivity contribution is -0.150. The van der Waals surface area contributed by atoms with Gasteiger partial charge in [-0.2, -0.15) is 0 Å². The summed E-state index contributed by atoms with van der Waals surface area (Å²) in [5.41, 5.74) is 0. The molecule has 5 nitrogen and oxygen atoms in total. The van der Waals surface area contributed by atoms with E-state index >= 15 is 0 Å². The maximum absolute atomic E-state index is 11.2. The molecule has 0 rings (SSSR count). The standard InChI is InChI=1S/C9H17NO4/c1-5-14-9(12)7(2)10(3)6-8(11)13-4/h7H,5-6H2,1-4H3. The minimum Gasteiger partial charge on any atom is -0.468 e. The number of rotatable bonds is 5. The summed E-state index contributed by atoms with van der Waals surface area (Å²) in [4.78, 5) is 23.7. The van der Waals surface area contributed by atoms with E-state index in [4.69, 9.17) is 4.74 Å². The van der Waals surface area contributed by atoms with E-state index in [-0.39, 0.29) is 18.5 Å². The van der Waals surface area contributed by atoms with Crippen molar-refractivity contribution in [2.24, 2.45) is 0 Å². The Balaban J connectivity index is 4.04. The highest BCUT2D eigenvalue weighted by Gasteiger charge is 2.20. The maximum Gasteiger partial charge on any atom is 0.323 e. The number of nitrogens with zero attached hydrogens (tertiary/aromatic N) is 1. The summed E-state index contributed by atoms with van der Waals surface area (Å²) in [6.45, 7) is 3.84. The van der Waals surface area contributed by atoms with Crippen molar-refractivity contribution in [2.45, 2.75) is 19.9 Å². The molecule has 5 heteroatoms. The van der Waals surface area contributed by atoms with Gasteiger partial charge in [-0.05, 0) is 20.9 Å². The predicted molar refractivity (Wildman–Crippen MR) is 50.7 cm³/mol. The zero-order valence-electron chi connectivity index (χ0n) is 9.07. The zero-order chi connectivity index (χ0) is 11.1. The van der Waals surface area contributed by atoms with Gasteiger partial charge in [-0.1, -0.05) is 0 Å². The monoisotopic (exact) mass is 203 g/mol. The van der Waals surface area contributed by atoms with Crippen LogP contribution in [0.2, 0.25) is 0 Å². The molecule has 0 amide bonds. The first-order chi connectivity index (χ1) is 6.52. The molecular weight excluding hydrogens is 186 g/mol. The molecule has 0 aliphatic heterocycles. The molecule has 0 aromatic carbocycles.